The van der Waals surface area contributed by atoms with Crippen LogP contribution in [0, 0.1) is 11.8 Å². The average molecular weight is 196 g/mol. The van der Waals surface area contributed by atoms with Crippen molar-refractivity contribution < 1.29 is 9.84 Å². The van der Waals surface area contributed by atoms with E-state index in [2.05, 4.69) is 11.8 Å². The average Bonchev–Trinajstić information content (AvgIpc) is 2.67. The van der Waals surface area contributed by atoms with Crippen LogP contribution in [0.1, 0.15) is 45.4 Å². The van der Waals surface area contributed by atoms with E-state index in [-0.39, 0.29) is 11.7 Å². The molecule has 1 fully saturated rings. The van der Waals surface area contributed by atoms with Crippen LogP contribution in [0.2, 0.25) is 0 Å². The smallest absolute Gasteiger partial charge is 0.0936 e. The summed E-state index contributed by atoms with van der Waals surface area (Å²) in [4.78, 5) is 0. The van der Waals surface area contributed by atoms with Crippen molar-refractivity contribution in [2.24, 2.45) is 0 Å². The van der Waals surface area contributed by atoms with Crippen LogP contribution >= 0.6 is 0 Å². The quantitative estimate of drug-likeness (QED) is 0.698. The molecule has 1 N–H and O–H groups in total. The molecule has 0 saturated heterocycles. The molecular weight excluding hydrogens is 176 g/mol. The normalized spacial score (nSPS) is 21.4. The zero-order valence-corrected chi connectivity index (χ0v) is 9.18. The molecule has 0 aliphatic heterocycles. The summed E-state index contributed by atoms with van der Waals surface area (Å²) in [6, 6.07) is 0. The fourth-order valence-corrected chi connectivity index (χ4v) is 2.24. The fourth-order valence-electron chi connectivity index (χ4n) is 2.24. The van der Waals surface area contributed by atoms with Crippen LogP contribution in [0.5, 0.6) is 0 Å². The van der Waals surface area contributed by atoms with E-state index in [0.717, 1.165) is 25.7 Å². The van der Waals surface area contributed by atoms with E-state index >= 15 is 0 Å². The monoisotopic (exact) mass is 196 g/mol. The van der Waals surface area contributed by atoms with Gasteiger partial charge >= 0.3 is 0 Å². The van der Waals surface area contributed by atoms with E-state index in [1.807, 2.05) is 6.92 Å². The molecule has 0 bridgehead atoms. The standard InChI is InChI=1S/C12H20O2/c1-3-4-5-8-11(13)12(14-2)9-6-7-10-12/h11,13H,5-10H2,1-2H3. The van der Waals surface area contributed by atoms with Gasteiger partial charge in [0.25, 0.3) is 0 Å². The van der Waals surface area contributed by atoms with Crippen molar-refractivity contribution >= 4 is 0 Å². The maximum atomic E-state index is 10.0. The first-order chi connectivity index (χ1) is 6.75. The van der Waals surface area contributed by atoms with E-state index in [1.54, 1.807) is 7.11 Å². The lowest BCUT2D eigenvalue weighted by atomic mass is 9.91. The largest absolute Gasteiger partial charge is 0.390 e. The topological polar surface area (TPSA) is 29.5 Å². The third kappa shape index (κ3) is 2.50. The second-order valence-electron chi connectivity index (χ2n) is 3.96. The zero-order chi connectivity index (χ0) is 10.4. The molecule has 2 nitrogen and oxygen atoms in total. The molecule has 14 heavy (non-hydrogen) atoms. The summed E-state index contributed by atoms with van der Waals surface area (Å²) < 4.78 is 5.49. The Morgan fingerprint density at radius 2 is 2.07 bits per heavy atom. The van der Waals surface area contributed by atoms with Gasteiger partial charge in [0.15, 0.2) is 0 Å². The Hall–Kier alpha value is -0.520. The summed E-state index contributed by atoms with van der Waals surface area (Å²) >= 11 is 0. The Morgan fingerprint density at radius 1 is 1.43 bits per heavy atom. The number of ether oxygens (including phenoxy) is 1. The molecule has 0 radical (unpaired) electrons. The van der Waals surface area contributed by atoms with Gasteiger partial charge in [0.05, 0.1) is 11.7 Å². The van der Waals surface area contributed by atoms with Crippen LogP contribution in [0.25, 0.3) is 0 Å². The fraction of sp³-hybridized carbons (Fsp3) is 0.833. The second-order valence-corrected chi connectivity index (χ2v) is 3.96. The summed E-state index contributed by atoms with van der Waals surface area (Å²) in [5, 5.41) is 10.0. The van der Waals surface area contributed by atoms with Crippen molar-refractivity contribution in [2.45, 2.75) is 57.2 Å². The highest BCUT2D eigenvalue weighted by atomic mass is 16.5. The number of hydrogen-bond acceptors (Lipinski definition) is 2. The predicted octanol–water partition coefficient (Wildman–Crippen LogP) is 2.11. The van der Waals surface area contributed by atoms with Gasteiger partial charge in [-0.25, -0.2) is 0 Å². The van der Waals surface area contributed by atoms with Gasteiger partial charge in [0, 0.05) is 13.5 Å². The van der Waals surface area contributed by atoms with Gasteiger partial charge < -0.3 is 9.84 Å². The summed E-state index contributed by atoms with van der Waals surface area (Å²) in [7, 11) is 1.71. The summed E-state index contributed by atoms with van der Waals surface area (Å²) in [6.07, 6.45) is 5.47. The minimum Gasteiger partial charge on any atom is -0.390 e. The van der Waals surface area contributed by atoms with Crippen molar-refractivity contribution in [3.63, 3.8) is 0 Å². The molecule has 0 amide bonds. The molecule has 0 spiro atoms. The molecule has 2 heteroatoms. The van der Waals surface area contributed by atoms with E-state index < -0.39 is 0 Å². The number of rotatable bonds is 4. The summed E-state index contributed by atoms with van der Waals surface area (Å²) in [5.41, 5.74) is -0.268. The Morgan fingerprint density at radius 3 is 2.57 bits per heavy atom. The van der Waals surface area contributed by atoms with Gasteiger partial charge in [-0.3, -0.25) is 0 Å². The molecule has 80 valence electrons. The van der Waals surface area contributed by atoms with Gasteiger partial charge in [-0.1, -0.05) is 12.8 Å². The van der Waals surface area contributed by atoms with Gasteiger partial charge in [0.2, 0.25) is 0 Å². The van der Waals surface area contributed by atoms with Crippen LogP contribution in [-0.2, 0) is 4.74 Å². The molecule has 1 atom stereocenters. The maximum Gasteiger partial charge on any atom is 0.0936 e. The van der Waals surface area contributed by atoms with Crippen molar-refractivity contribution in [1.29, 1.82) is 0 Å². The lowest BCUT2D eigenvalue weighted by Crippen LogP contribution is -2.41. The number of hydrogen-bond donors (Lipinski definition) is 1. The van der Waals surface area contributed by atoms with E-state index in [0.29, 0.717) is 0 Å². The van der Waals surface area contributed by atoms with E-state index in [4.69, 9.17) is 4.74 Å². The summed E-state index contributed by atoms with van der Waals surface area (Å²) in [6.45, 7) is 1.83. The highest BCUT2D eigenvalue weighted by molar-refractivity contribution is 4.98. The zero-order valence-electron chi connectivity index (χ0n) is 9.18. The highest BCUT2D eigenvalue weighted by Gasteiger charge is 2.40. The minimum absolute atomic E-state index is 0.268. The van der Waals surface area contributed by atoms with Crippen LogP contribution < -0.4 is 0 Å². The molecule has 1 aliphatic carbocycles. The first kappa shape index (κ1) is 11.6. The first-order valence-corrected chi connectivity index (χ1v) is 5.38. The molecule has 0 aromatic heterocycles. The number of aliphatic hydroxyl groups is 1. The lowest BCUT2D eigenvalue weighted by Gasteiger charge is -2.32. The molecule has 1 aliphatic rings. The number of methoxy groups -OCH3 is 1. The SMILES string of the molecule is CC#CCCC(O)C1(OC)CCCC1. The third-order valence-corrected chi connectivity index (χ3v) is 3.18. The van der Waals surface area contributed by atoms with Crippen molar-refractivity contribution in [1.82, 2.24) is 0 Å². The Labute approximate surface area is 86.7 Å². The van der Waals surface area contributed by atoms with Crippen LogP contribution in [0.3, 0.4) is 0 Å². The molecule has 1 rings (SSSR count). The molecule has 1 saturated carbocycles. The van der Waals surface area contributed by atoms with E-state index in [1.165, 1.54) is 12.8 Å². The van der Waals surface area contributed by atoms with Crippen LogP contribution in [0.15, 0.2) is 0 Å². The lowest BCUT2D eigenvalue weighted by molar-refractivity contribution is -0.0997. The van der Waals surface area contributed by atoms with Gasteiger partial charge in [-0.2, -0.15) is 0 Å². The Balaban J connectivity index is 2.45. The maximum absolute atomic E-state index is 10.0. The molecular formula is C12H20O2. The van der Waals surface area contributed by atoms with Crippen molar-refractivity contribution in [3.8, 4) is 11.8 Å². The molecule has 1 unspecified atom stereocenters. The minimum atomic E-state index is -0.351. The Kier molecular flexibility index (Phi) is 4.44. The molecule has 0 heterocycles. The van der Waals surface area contributed by atoms with Crippen LogP contribution in [-0.4, -0.2) is 23.9 Å². The third-order valence-electron chi connectivity index (χ3n) is 3.18. The molecule has 0 aromatic carbocycles. The van der Waals surface area contributed by atoms with Gasteiger partial charge in [-0.15, -0.1) is 11.8 Å². The van der Waals surface area contributed by atoms with E-state index in [9.17, 15) is 5.11 Å². The van der Waals surface area contributed by atoms with Crippen LogP contribution in [0.4, 0.5) is 0 Å². The molecule has 0 aromatic rings. The van der Waals surface area contributed by atoms with Gasteiger partial charge in [0.1, 0.15) is 0 Å². The van der Waals surface area contributed by atoms with Crippen molar-refractivity contribution in [3.05, 3.63) is 0 Å². The predicted molar refractivity (Wildman–Crippen MR) is 56.9 cm³/mol. The van der Waals surface area contributed by atoms with Gasteiger partial charge in [-0.05, 0) is 26.2 Å². The highest BCUT2D eigenvalue weighted by Crippen LogP contribution is 2.36. The Bertz CT molecular complexity index is 218. The first-order valence-electron chi connectivity index (χ1n) is 5.38. The number of aliphatic hydroxyl groups excluding tert-OH is 1. The van der Waals surface area contributed by atoms with Crippen molar-refractivity contribution in [2.75, 3.05) is 7.11 Å². The second kappa shape index (κ2) is 5.38. The summed E-state index contributed by atoms with van der Waals surface area (Å²) in [5.74, 6) is 5.82.